The minimum Gasteiger partial charge on any atom is -0.321 e. The Bertz CT molecular complexity index is 1550. The maximum Gasteiger partial charge on any atom is 0.266 e. The topological polar surface area (TPSA) is 67.8 Å². The summed E-state index contributed by atoms with van der Waals surface area (Å²) < 4.78 is 2.47. The Hall–Kier alpha value is -3.26. The van der Waals surface area contributed by atoms with Crippen LogP contribution < -0.4 is 11.1 Å². The number of benzene rings is 3. The highest BCUT2D eigenvalue weighted by Gasteiger charge is 2.18. The Morgan fingerprint density at radius 1 is 0.933 bits per heavy atom. The third kappa shape index (κ3) is 3.13. The lowest BCUT2D eigenvalue weighted by atomic mass is 10.1. The van der Waals surface area contributed by atoms with Gasteiger partial charge in [-0.15, -0.1) is 0 Å². The maximum absolute atomic E-state index is 13.5. The predicted octanol–water partition coefficient (Wildman–Crippen LogP) is 4.81. The van der Waals surface area contributed by atoms with E-state index in [-0.39, 0.29) is 11.1 Å². The lowest BCUT2D eigenvalue weighted by molar-refractivity contribution is 0.970. The van der Waals surface area contributed by atoms with E-state index in [2.05, 4.69) is 27.6 Å². The van der Waals surface area contributed by atoms with Gasteiger partial charge in [0.1, 0.15) is 0 Å². The van der Waals surface area contributed by atoms with E-state index >= 15 is 0 Å². The first-order valence-electron chi connectivity index (χ1n) is 9.43. The summed E-state index contributed by atoms with van der Waals surface area (Å²) in [7, 11) is 0. The number of H-pyrrole nitrogens is 1. The van der Waals surface area contributed by atoms with Gasteiger partial charge in [0.2, 0.25) is 0 Å². The van der Waals surface area contributed by atoms with E-state index in [0.29, 0.717) is 28.0 Å². The van der Waals surface area contributed by atoms with Crippen LogP contribution in [-0.4, -0.2) is 14.5 Å². The number of fused-ring (bicyclic) bond motifs is 2. The van der Waals surface area contributed by atoms with Gasteiger partial charge in [0, 0.05) is 9.09 Å². The first-order valence-corrected chi connectivity index (χ1v) is 10.5. The molecule has 30 heavy (non-hydrogen) atoms. The molecule has 0 aliphatic heterocycles. The lowest BCUT2D eigenvalue weighted by Gasteiger charge is -2.14. The van der Waals surface area contributed by atoms with Gasteiger partial charge in [-0.3, -0.25) is 14.2 Å². The number of nitrogens with one attached hydrogen (secondary N) is 1. The summed E-state index contributed by atoms with van der Waals surface area (Å²) in [4.78, 5) is 34.2. The fourth-order valence-electron chi connectivity index (χ4n) is 3.59. The maximum atomic E-state index is 13.5. The van der Waals surface area contributed by atoms with Crippen molar-refractivity contribution < 1.29 is 0 Å². The third-order valence-corrected chi connectivity index (χ3v) is 5.79. The van der Waals surface area contributed by atoms with Crippen LogP contribution in [0.25, 0.3) is 38.9 Å². The van der Waals surface area contributed by atoms with E-state index in [1.165, 1.54) is 4.57 Å². The summed E-state index contributed by atoms with van der Waals surface area (Å²) in [5, 5.41) is 1.39. The molecule has 5 aromatic rings. The molecule has 146 valence electrons. The van der Waals surface area contributed by atoms with Crippen LogP contribution in [0.15, 0.2) is 82.4 Å². The summed E-state index contributed by atoms with van der Waals surface area (Å²) in [5.74, 6) is 0.324. The van der Waals surface area contributed by atoms with Crippen molar-refractivity contribution in [2.75, 3.05) is 0 Å². The van der Waals surface area contributed by atoms with Gasteiger partial charge < -0.3 is 4.98 Å². The molecule has 3 aromatic carbocycles. The number of aromatic amines is 1. The average Bonchev–Trinajstić information content (AvgIpc) is 2.74. The molecule has 1 N–H and O–H groups in total. The molecule has 2 heterocycles. The number of hydrogen-bond donors (Lipinski definition) is 1. The van der Waals surface area contributed by atoms with Crippen molar-refractivity contribution in [1.29, 1.82) is 0 Å². The first-order chi connectivity index (χ1) is 14.5. The van der Waals surface area contributed by atoms with Gasteiger partial charge in [-0.05, 0) is 77.4 Å². The van der Waals surface area contributed by atoms with Crippen molar-refractivity contribution in [3.05, 3.63) is 103 Å². The van der Waals surface area contributed by atoms with Crippen LogP contribution in [0.5, 0.6) is 0 Å². The number of aryl methyl sites for hydroxylation is 1. The average molecular weight is 505 g/mol. The summed E-state index contributed by atoms with van der Waals surface area (Å²) in [6, 6.07) is 22.5. The largest absolute Gasteiger partial charge is 0.321 e. The Morgan fingerprint density at radius 2 is 1.70 bits per heavy atom. The van der Waals surface area contributed by atoms with Crippen molar-refractivity contribution in [3.63, 3.8) is 0 Å². The van der Waals surface area contributed by atoms with Crippen LogP contribution in [0.2, 0.25) is 0 Å². The minimum atomic E-state index is -0.286. The molecule has 0 bridgehead atoms. The van der Waals surface area contributed by atoms with E-state index in [4.69, 9.17) is 4.98 Å². The van der Waals surface area contributed by atoms with Crippen LogP contribution in [0, 0.1) is 10.5 Å². The fourth-order valence-corrected chi connectivity index (χ4v) is 4.08. The molecule has 6 heteroatoms. The Labute approximate surface area is 185 Å². The summed E-state index contributed by atoms with van der Waals surface area (Å²) in [6.07, 6.45) is 0. The van der Waals surface area contributed by atoms with Gasteiger partial charge in [0.15, 0.2) is 5.82 Å². The van der Waals surface area contributed by atoms with Crippen LogP contribution in [0.4, 0.5) is 0 Å². The molecule has 5 nitrogen and oxygen atoms in total. The molecule has 0 aliphatic carbocycles. The number of halogens is 1. The first kappa shape index (κ1) is 18.7. The van der Waals surface area contributed by atoms with Crippen molar-refractivity contribution in [1.82, 2.24) is 14.5 Å². The molecule has 0 radical (unpaired) electrons. The number of aromatic nitrogens is 3. The van der Waals surface area contributed by atoms with Crippen molar-refractivity contribution in [3.8, 4) is 17.1 Å². The highest BCUT2D eigenvalue weighted by Crippen LogP contribution is 2.23. The summed E-state index contributed by atoms with van der Waals surface area (Å²) in [5.41, 5.74) is 2.92. The molecule has 0 saturated carbocycles. The smallest absolute Gasteiger partial charge is 0.266 e. The Balaban J connectivity index is 1.92. The highest BCUT2D eigenvalue weighted by atomic mass is 127. The quantitative estimate of drug-likeness (QED) is 0.351. The normalized spacial score (nSPS) is 11.3. The highest BCUT2D eigenvalue weighted by molar-refractivity contribution is 14.1. The second-order valence-electron chi connectivity index (χ2n) is 7.17. The van der Waals surface area contributed by atoms with Gasteiger partial charge in [-0.2, -0.15) is 0 Å². The third-order valence-electron chi connectivity index (χ3n) is 5.12. The second-order valence-corrected chi connectivity index (χ2v) is 8.42. The van der Waals surface area contributed by atoms with Crippen molar-refractivity contribution >= 4 is 44.4 Å². The zero-order chi connectivity index (χ0) is 20.8. The van der Waals surface area contributed by atoms with E-state index in [1.807, 2.05) is 73.7 Å². The number of pyridine rings is 1. The molecule has 5 rings (SSSR count). The number of hydrogen-bond acceptors (Lipinski definition) is 3. The van der Waals surface area contributed by atoms with Crippen molar-refractivity contribution in [2.45, 2.75) is 6.92 Å². The molecule has 0 saturated heterocycles. The molecular formula is C24H16IN3O2. The van der Waals surface area contributed by atoms with Crippen LogP contribution >= 0.6 is 22.6 Å². The zero-order valence-electron chi connectivity index (χ0n) is 16.0. The molecule has 0 unspecified atom stereocenters. The van der Waals surface area contributed by atoms with E-state index in [9.17, 15) is 9.59 Å². The van der Waals surface area contributed by atoms with E-state index in [0.717, 1.165) is 20.0 Å². The number of rotatable bonds is 2. The lowest BCUT2D eigenvalue weighted by Crippen LogP contribution is -2.24. The number of para-hydroxylation sites is 1. The second kappa shape index (κ2) is 7.21. The van der Waals surface area contributed by atoms with Gasteiger partial charge in [-0.25, -0.2) is 4.98 Å². The zero-order valence-corrected chi connectivity index (χ0v) is 18.2. The van der Waals surface area contributed by atoms with Crippen LogP contribution in [-0.2, 0) is 0 Å². The standard InChI is InChI=1S/C24H16IN3O2/c1-14-6-9-17(10-7-14)28-22(26-21-11-8-16(25)13-18(21)24(28)30)19-12-15-4-2-3-5-20(15)27-23(19)29/h2-13H,1H3,(H,27,29). The monoisotopic (exact) mass is 505 g/mol. The Morgan fingerprint density at radius 3 is 2.50 bits per heavy atom. The van der Waals surface area contributed by atoms with Gasteiger partial charge >= 0.3 is 0 Å². The van der Waals surface area contributed by atoms with Crippen LogP contribution in [0.1, 0.15) is 5.56 Å². The van der Waals surface area contributed by atoms with E-state index in [1.54, 1.807) is 6.07 Å². The molecular weight excluding hydrogens is 489 g/mol. The molecule has 0 fully saturated rings. The summed E-state index contributed by atoms with van der Waals surface area (Å²) >= 11 is 2.18. The van der Waals surface area contributed by atoms with Gasteiger partial charge in [-0.1, -0.05) is 35.9 Å². The van der Waals surface area contributed by atoms with E-state index < -0.39 is 0 Å². The molecule has 0 spiro atoms. The summed E-state index contributed by atoms with van der Waals surface area (Å²) in [6.45, 7) is 1.99. The van der Waals surface area contributed by atoms with Gasteiger partial charge in [0.05, 0.1) is 22.2 Å². The molecule has 0 amide bonds. The SMILES string of the molecule is Cc1ccc(-n2c(-c3cc4ccccc4[nH]c3=O)nc3ccc(I)cc3c2=O)cc1. The minimum absolute atomic E-state index is 0.204. The van der Waals surface area contributed by atoms with Crippen LogP contribution in [0.3, 0.4) is 0 Å². The predicted molar refractivity (Wildman–Crippen MR) is 128 cm³/mol. The fraction of sp³-hybridized carbons (Fsp3) is 0.0417. The number of nitrogens with zero attached hydrogens (tertiary/aromatic N) is 2. The van der Waals surface area contributed by atoms with Crippen molar-refractivity contribution in [2.24, 2.45) is 0 Å². The molecule has 0 aliphatic rings. The molecule has 2 aromatic heterocycles. The van der Waals surface area contributed by atoms with Gasteiger partial charge in [0.25, 0.3) is 11.1 Å². The molecule has 0 atom stereocenters. The Kier molecular flexibility index (Phi) is 4.51.